The quantitative estimate of drug-likeness (QED) is 0.837. The van der Waals surface area contributed by atoms with Crippen molar-refractivity contribution in [1.82, 2.24) is 0 Å². The van der Waals surface area contributed by atoms with Crippen LogP contribution in [-0.4, -0.2) is 0 Å². The molecular formula is C18H24ClNO. The van der Waals surface area contributed by atoms with Gasteiger partial charge in [0.25, 0.3) is 0 Å². The van der Waals surface area contributed by atoms with Crippen molar-refractivity contribution in [2.24, 2.45) is 11.7 Å². The first kappa shape index (κ1) is 17.5. The molecule has 0 spiro atoms. The van der Waals surface area contributed by atoms with Gasteiger partial charge in [-0.3, -0.25) is 0 Å². The number of benzene rings is 2. The topological polar surface area (TPSA) is 35.2 Å². The van der Waals surface area contributed by atoms with Gasteiger partial charge in [-0.25, -0.2) is 0 Å². The summed E-state index contributed by atoms with van der Waals surface area (Å²) in [6.07, 6.45) is 1.00. The van der Waals surface area contributed by atoms with Gasteiger partial charge in [0.15, 0.2) is 0 Å². The van der Waals surface area contributed by atoms with Crippen LogP contribution in [0.5, 0.6) is 5.75 Å². The molecule has 0 heterocycles. The fourth-order valence-electron chi connectivity index (χ4n) is 2.20. The van der Waals surface area contributed by atoms with Crippen LogP contribution in [-0.2, 0) is 6.61 Å². The van der Waals surface area contributed by atoms with Crippen molar-refractivity contribution in [3.8, 4) is 5.75 Å². The Morgan fingerprint density at radius 1 is 0.952 bits per heavy atom. The van der Waals surface area contributed by atoms with Crippen molar-refractivity contribution < 1.29 is 4.74 Å². The third-order valence-corrected chi connectivity index (χ3v) is 3.28. The average Bonchev–Trinajstić information content (AvgIpc) is 2.46. The molecule has 0 radical (unpaired) electrons. The minimum atomic E-state index is 0. The summed E-state index contributed by atoms with van der Waals surface area (Å²) >= 11 is 0. The van der Waals surface area contributed by atoms with Crippen LogP contribution in [0.4, 0.5) is 0 Å². The van der Waals surface area contributed by atoms with E-state index in [1.165, 1.54) is 11.1 Å². The Hall–Kier alpha value is -1.51. The van der Waals surface area contributed by atoms with Gasteiger partial charge in [-0.1, -0.05) is 56.3 Å². The number of hydrogen-bond donors (Lipinski definition) is 1. The molecule has 0 aliphatic rings. The summed E-state index contributed by atoms with van der Waals surface area (Å²) in [4.78, 5) is 0. The second-order valence-corrected chi connectivity index (χ2v) is 5.58. The van der Waals surface area contributed by atoms with Gasteiger partial charge < -0.3 is 10.5 Å². The molecule has 2 nitrogen and oxygen atoms in total. The first-order chi connectivity index (χ1) is 9.65. The molecule has 2 N–H and O–H groups in total. The summed E-state index contributed by atoms with van der Waals surface area (Å²) in [6, 6.07) is 18.4. The number of rotatable bonds is 6. The van der Waals surface area contributed by atoms with Gasteiger partial charge >= 0.3 is 0 Å². The van der Waals surface area contributed by atoms with E-state index in [2.05, 4.69) is 38.1 Å². The number of nitrogens with two attached hydrogens (primary N) is 1. The molecule has 0 aliphatic heterocycles. The van der Waals surface area contributed by atoms with Crippen LogP contribution in [0.1, 0.15) is 37.4 Å². The second-order valence-electron chi connectivity index (χ2n) is 5.58. The van der Waals surface area contributed by atoms with E-state index in [1.807, 2.05) is 30.3 Å². The van der Waals surface area contributed by atoms with Crippen molar-refractivity contribution in [2.45, 2.75) is 32.9 Å². The Bertz CT molecular complexity index is 511. The maximum atomic E-state index is 6.17. The summed E-state index contributed by atoms with van der Waals surface area (Å²) in [5, 5.41) is 0. The van der Waals surface area contributed by atoms with Gasteiger partial charge in [0.1, 0.15) is 12.4 Å². The van der Waals surface area contributed by atoms with E-state index in [9.17, 15) is 0 Å². The molecule has 2 aromatic carbocycles. The van der Waals surface area contributed by atoms with Gasteiger partial charge in [-0.15, -0.1) is 12.4 Å². The lowest BCUT2D eigenvalue weighted by atomic mass is 9.98. The largest absolute Gasteiger partial charge is 0.489 e. The molecule has 0 saturated carbocycles. The Balaban J connectivity index is 0.00000220. The minimum Gasteiger partial charge on any atom is -0.489 e. The van der Waals surface area contributed by atoms with Crippen LogP contribution < -0.4 is 10.5 Å². The lowest BCUT2D eigenvalue weighted by Gasteiger charge is -2.15. The van der Waals surface area contributed by atoms with Gasteiger partial charge in [0.2, 0.25) is 0 Å². The smallest absolute Gasteiger partial charge is 0.119 e. The van der Waals surface area contributed by atoms with E-state index >= 15 is 0 Å². The Morgan fingerprint density at radius 3 is 2.14 bits per heavy atom. The van der Waals surface area contributed by atoms with Crippen molar-refractivity contribution in [2.75, 3.05) is 0 Å². The highest BCUT2D eigenvalue weighted by molar-refractivity contribution is 5.85. The minimum absolute atomic E-state index is 0. The van der Waals surface area contributed by atoms with E-state index in [1.54, 1.807) is 0 Å². The summed E-state index contributed by atoms with van der Waals surface area (Å²) in [6.45, 7) is 4.98. The number of ether oxygens (including phenoxy) is 1. The molecule has 114 valence electrons. The normalized spacial score (nSPS) is 11.8. The van der Waals surface area contributed by atoms with Crippen LogP contribution in [0.15, 0.2) is 54.6 Å². The highest BCUT2D eigenvalue weighted by Crippen LogP contribution is 2.21. The van der Waals surface area contributed by atoms with E-state index in [4.69, 9.17) is 10.5 Å². The van der Waals surface area contributed by atoms with E-state index < -0.39 is 0 Å². The molecule has 1 atom stereocenters. The van der Waals surface area contributed by atoms with Gasteiger partial charge in [0, 0.05) is 6.04 Å². The van der Waals surface area contributed by atoms with Gasteiger partial charge in [-0.05, 0) is 35.6 Å². The third-order valence-electron chi connectivity index (χ3n) is 3.28. The van der Waals surface area contributed by atoms with Crippen LogP contribution in [0.3, 0.4) is 0 Å². The molecule has 0 unspecified atom stereocenters. The average molecular weight is 306 g/mol. The Labute approximate surface area is 133 Å². The maximum absolute atomic E-state index is 6.17. The summed E-state index contributed by atoms with van der Waals surface area (Å²) in [7, 11) is 0. The molecule has 2 rings (SSSR count). The highest BCUT2D eigenvalue weighted by Gasteiger charge is 2.08. The Kier molecular flexibility index (Phi) is 7.27. The van der Waals surface area contributed by atoms with E-state index in [0.717, 1.165) is 12.2 Å². The lowest BCUT2D eigenvalue weighted by molar-refractivity contribution is 0.306. The highest BCUT2D eigenvalue weighted by atomic mass is 35.5. The molecule has 0 aromatic heterocycles. The van der Waals surface area contributed by atoms with Crippen LogP contribution in [0.25, 0.3) is 0 Å². The number of halogens is 1. The third kappa shape index (κ3) is 5.78. The molecule has 0 saturated heterocycles. The van der Waals surface area contributed by atoms with Crippen molar-refractivity contribution in [3.63, 3.8) is 0 Å². The zero-order valence-electron chi connectivity index (χ0n) is 12.7. The molecule has 0 bridgehead atoms. The van der Waals surface area contributed by atoms with E-state index in [0.29, 0.717) is 12.5 Å². The predicted molar refractivity (Wildman–Crippen MR) is 90.8 cm³/mol. The van der Waals surface area contributed by atoms with Crippen molar-refractivity contribution in [1.29, 1.82) is 0 Å². The maximum Gasteiger partial charge on any atom is 0.119 e. The fourth-order valence-corrected chi connectivity index (χ4v) is 2.20. The molecule has 0 fully saturated rings. The van der Waals surface area contributed by atoms with Crippen molar-refractivity contribution >= 4 is 12.4 Å². The lowest BCUT2D eigenvalue weighted by Crippen LogP contribution is -2.12. The first-order valence-corrected chi connectivity index (χ1v) is 7.17. The zero-order valence-corrected chi connectivity index (χ0v) is 13.5. The number of hydrogen-bond acceptors (Lipinski definition) is 2. The molecule has 3 heteroatoms. The summed E-state index contributed by atoms with van der Waals surface area (Å²) in [5.41, 5.74) is 8.52. The van der Waals surface area contributed by atoms with Crippen LogP contribution in [0.2, 0.25) is 0 Å². The summed E-state index contributed by atoms with van der Waals surface area (Å²) in [5.74, 6) is 1.49. The molecule has 2 aromatic rings. The molecule has 0 amide bonds. The zero-order chi connectivity index (χ0) is 14.4. The Morgan fingerprint density at radius 2 is 1.57 bits per heavy atom. The van der Waals surface area contributed by atoms with Gasteiger partial charge in [0.05, 0.1) is 0 Å². The fraction of sp³-hybridized carbons (Fsp3) is 0.333. The standard InChI is InChI=1S/C18H23NO.ClH/c1-14(2)12-18(19)16-8-10-17(11-9-16)20-13-15-6-4-3-5-7-15;/h3-11,14,18H,12-13,19H2,1-2H3;1H/t18-;/m1./s1. The second kappa shape index (κ2) is 8.71. The summed E-state index contributed by atoms with van der Waals surface area (Å²) < 4.78 is 5.77. The van der Waals surface area contributed by atoms with E-state index in [-0.39, 0.29) is 18.4 Å². The molecule has 21 heavy (non-hydrogen) atoms. The van der Waals surface area contributed by atoms with Crippen LogP contribution in [0, 0.1) is 5.92 Å². The predicted octanol–water partition coefficient (Wildman–Crippen LogP) is 4.73. The molecule has 0 aliphatic carbocycles. The van der Waals surface area contributed by atoms with Crippen molar-refractivity contribution in [3.05, 3.63) is 65.7 Å². The first-order valence-electron chi connectivity index (χ1n) is 7.17. The SMILES string of the molecule is CC(C)C[C@@H](N)c1ccc(OCc2ccccc2)cc1.Cl. The molecular weight excluding hydrogens is 282 g/mol. The van der Waals surface area contributed by atoms with Gasteiger partial charge in [-0.2, -0.15) is 0 Å². The van der Waals surface area contributed by atoms with Crippen LogP contribution >= 0.6 is 12.4 Å². The monoisotopic (exact) mass is 305 g/mol.